The number of carbonyl (C=O) groups excluding carboxylic acids is 1. The molecule has 1 aliphatic heterocycles. The Labute approximate surface area is 47.5 Å². The summed E-state index contributed by atoms with van der Waals surface area (Å²) in [6, 6.07) is 0. The van der Waals surface area contributed by atoms with Crippen LogP contribution in [0.15, 0.2) is 0 Å². The second-order valence-electron chi connectivity index (χ2n) is 1.70. The number of rotatable bonds is 1. The van der Waals surface area contributed by atoms with Crippen LogP contribution >= 0.6 is 11.8 Å². The number of ketones is 1. The topological polar surface area (TPSA) is 17.1 Å². The molecule has 0 aromatic heterocycles. The molecule has 0 N–H and O–H groups in total. The minimum absolute atomic E-state index is 0.110. The van der Waals surface area contributed by atoms with E-state index in [-0.39, 0.29) is 5.78 Å². The molecule has 0 unspecified atom stereocenters. The van der Waals surface area contributed by atoms with Crippen LogP contribution in [-0.2, 0) is 4.79 Å². The van der Waals surface area contributed by atoms with Crippen LogP contribution < -0.4 is 0 Å². The molecular weight excluding hydrogens is 108 g/mol. The highest BCUT2D eigenvalue weighted by atomic mass is 32.2. The van der Waals surface area contributed by atoms with E-state index in [0.717, 1.165) is 11.5 Å². The molecule has 1 rings (SSSR count). The molecule has 0 bridgehead atoms. The van der Waals surface area contributed by atoms with Gasteiger partial charge in [0.05, 0.1) is 0 Å². The third-order valence-electron chi connectivity index (χ3n) is 1.09. The maximum absolute atomic E-state index is 10.3. The fourth-order valence-corrected chi connectivity index (χ4v) is 1.26. The van der Waals surface area contributed by atoms with E-state index in [0.29, 0.717) is 5.92 Å². The summed E-state index contributed by atoms with van der Waals surface area (Å²) in [4.78, 5) is 10.3. The van der Waals surface area contributed by atoms with Crippen molar-refractivity contribution in [1.29, 1.82) is 0 Å². The van der Waals surface area contributed by atoms with Crippen molar-refractivity contribution < 1.29 is 4.79 Å². The van der Waals surface area contributed by atoms with Gasteiger partial charge in [-0.25, -0.2) is 0 Å². The van der Waals surface area contributed by atoms with Gasteiger partial charge in [0.2, 0.25) is 0 Å². The number of thioether (sulfide) groups is 1. The Balaban J connectivity index is 2.27. The van der Waals surface area contributed by atoms with E-state index in [2.05, 4.69) is 6.92 Å². The van der Waals surface area contributed by atoms with Crippen LogP contribution in [0.4, 0.5) is 0 Å². The van der Waals surface area contributed by atoms with Gasteiger partial charge >= 0.3 is 0 Å². The third kappa shape index (κ3) is 0.969. The lowest BCUT2D eigenvalue weighted by atomic mass is 10.1. The van der Waals surface area contributed by atoms with Crippen LogP contribution in [0.3, 0.4) is 0 Å². The first kappa shape index (κ1) is 5.16. The van der Waals surface area contributed by atoms with Crippen molar-refractivity contribution in [2.75, 3.05) is 11.5 Å². The van der Waals surface area contributed by atoms with E-state index in [4.69, 9.17) is 0 Å². The van der Waals surface area contributed by atoms with Gasteiger partial charge in [0.1, 0.15) is 5.78 Å². The van der Waals surface area contributed by atoms with E-state index >= 15 is 0 Å². The van der Waals surface area contributed by atoms with Crippen LogP contribution in [0.2, 0.25) is 0 Å². The molecule has 1 saturated heterocycles. The quantitative estimate of drug-likeness (QED) is 0.501. The maximum Gasteiger partial charge on any atom is 0.138 e. The second kappa shape index (κ2) is 1.86. The Morgan fingerprint density at radius 1 is 1.71 bits per heavy atom. The van der Waals surface area contributed by atoms with Gasteiger partial charge in [-0.15, -0.1) is 0 Å². The van der Waals surface area contributed by atoms with Gasteiger partial charge in [0.25, 0.3) is 0 Å². The molecular formula is C5H7OS. The van der Waals surface area contributed by atoms with Crippen molar-refractivity contribution in [3.63, 3.8) is 0 Å². The first-order valence-corrected chi connectivity index (χ1v) is 3.39. The standard InChI is InChI=1S/C5H7OS/c1-4(6)5-2-7-3-5/h5H,1-3H2. The molecule has 7 heavy (non-hydrogen) atoms. The Hall–Kier alpha value is 0.0200. The van der Waals surface area contributed by atoms with Gasteiger partial charge in [-0.1, -0.05) is 0 Å². The van der Waals surface area contributed by atoms with Crippen LogP contribution in [0, 0.1) is 12.8 Å². The molecule has 2 heteroatoms. The summed E-state index contributed by atoms with van der Waals surface area (Å²) in [5.74, 6) is 2.41. The number of hydrogen-bond acceptors (Lipinski definition) is 2. The number of hydrogen-bond donors (Lipinski definition) is 0. The fourth-order valence-electron chi connectivity index (χ4n) is 0.422. The fraction of sp³-hybridized carbons (Fsp3) is 0.600. The van der Waals surface area contributed by atoms with E-state index < -0.39 is 0 Å². The summed E-state index contributed by atoms with van der Waals surface area (Å²) in [7, 11) is 0. The predicted molar refractivity (Wildman–Crippen MR) is 31.2 cm³/mol. The van der Waals surface area contributed by atoms with E-state index in [1.165, 1.54) is 0 Å². The normalized spacial score (nSPS) is 21.3. The Kier molecular flexibility index (Phi) is 1.38. The SMILES string of the molecule is [CH2]C(=O)C1CSC1. The van der Waals surface area contributed by atoms with Crippen molar-refractivity contribution in [1.82, 2.24) is 0 Å². The zero-order valence-corrected chi connectivity index (χ0v) is 4.83. The molecule has 39 valence electrons. The molecule has 1 aliphatic rings. The van der Waals surface area contributed by atoms with E-state index in [1.54, 1.807) is 0 Å². The Bertz CT molecular complexity index is 86.1. The summed E-state index contributed by atoms with van der Waals surface area (Å²) >= 11 is 1.81. The lowest BCUT2D eigenvalue weighted by Crippen LogP contribution is -2.25. The summed E-state index contributed by atoms with van der Waals surface area (Å²) < 4.78 is 0. The zero-order valence-electron chi connectivity index (χ0n) is 4.02. The van der Waals surface area contributed by atoms with Gasteiger partial charge in [0.15, 0.2) is 0 Å². The molecule has 0 atom stereocenters. The first-order chi connectivity index (χ1) is 3.30. The summed E-state index contributed by atoms with van der Waals surface area (Å²) in [6.07, 6.45) is 0. The van der Waals surface area contributed by atoms with Crippen molar-refractivity contribution >= 4 is 17.5 Å². The summed E-state index contributed by atoms with van der Waals surface area (Å²) in [5.41, 5.74) is 0. The largest absolute Gasteiger partial charge is 0.299 e. The van der Waals surface area contributed by atoms with Gasteiger partial charge in [-0.05, 0) is 0 Å². The third-order valence-corrected chi connectivity index (χ3v) is 2.37. The molecule has 1 fully saturated rings. The van der Waals surface area contributed by atoms with Crippen LogP contribution in [0.1, 0.15) is 0 Å². The van der Waals surface area contributed by atoms with Crippen molar-refractivity contribution in [3.05, 3.63) is 6.92 Å². The highest BCUT2D eigenvalue weighted by Gasteiger charge is 2.21. The molecule has 0 amide bonds. The Morgan fingerprint density at radius 2 is 2.29 bits per heavy atom. The van der Waals surface area contributed by atoms with Gasteiger partial charge in [-0.2, -0.15) is 11.8 Å². The van der Waals surface area contributed by atoms with Crippen molar-refractivity contribution in [2.24, 2.45) is 5.92 Å². The van der Waals surface area contributed by atoms with Crippen molar-refractivity contribution in [2.45, 2.75) is 0 Å². The molecule has 0 aliphatic carbocycles. The smallest absolute Gasteiger partial charge is 0.138 e. The zero-order chi connectivity index (χ0) is 5.28. The maximum atomic E-state index is 10.3. The Morgan fingerprint density at radius 3 is 2.29 bits per heavy atom. The summed E-state index contributed by atoms with van der Waals surface area (Å²) in [5, 5.41) is 0. The predicted octanol–water partition coefficient (Wildman–Crippen LogP) is 0.753. The molecule has 1 radical (unpaired) electrons. The first-order valence-electron chi connectivity index (χ1n) is 2.24. The van der Waals surface area contributed by atoms with E-state index in [9.17, 15) is 4.79 Å². The van der Waals surface area contributed by atoms with Gasteiger partial charge < -0.3 is 0 Å². The monoisotopic (exact) mass is 115 g/mol. The van der Waals surface area contributed by atoms with Crippen LogP contribution in [0.25, 0.3) is 0 Å². The number of carbonyl (C=O) groups is 1. The average molecular weight is 115 g/mol. The second-order valence-corrected chi connectivity index (χ2v) is 2.78. The minimum atomic E-state index is 0.110. The lowest BCUT2D eigenvalue weighted by Gasteiger charge is -2.20. The van der Waals surface area contributed by atoms with Crippen LogP contribution in [-0.4, -0.2) is 17.3 Å². The van der Waals surface area contributed by atoms with Crippen molar-refractivity contribution in [3.8, 4) is 0 Å². The molecule has 1 nitrogen and oxygen atoms in total. The van der Waals surface area contributed by atoms with Gasteiger partial charge in [-0.3, -0.25) is 4.79 Å². The molecule has 0 aromatic carbocycles. The molecule has 0 saturated carbocycles. The lowest BCUT2D eigenvalue weighted by molar-refractivity contribution is -0.117. The molecule has 0 spiro atoms. The number of Topliss-reactive ketones (excluding diaryl/α,β-unsaturated/α-hetero) is 1. The van der Waals surface area contributed by atoms with Gasteiger partial charge in [0, 0.05) is 24.3 Å². The highest BCUT2D eigenvalue weighted by Crippen LogP contribution is 2.24. The molecule has 1 heterocycles. The van der Waals surface area contributed by atoms with E-state index in [1.807, 2.05) is 11.8 Å². The average Bonchev–Trinajstić information content (AvgIpc) is 1.23. The minimum Gasteiger partial charge on any atom is -0.299 e. The van der Waals surface area contributed by atoms with Crippen LogP contribution in [0.5, 0.6) is 0 Å². The highest BCUT2D eigenvalue weighted by molar-refractivity contribution is 8.00. The summed E-state index contributed by atoms with van der Waals surface area (Å²) in [6.45, 7) is 3.31. The molecule has 0 aromatic rings.